The number of hydrogen-bond donors (Lipinski definition) is 2. The Balaban J connectivity index is 3.02. The van der Waals surface area contributed by atoms with Gasteiger partial charge in [0.25, 0.3) is 0 Å². The number of carboxylic acids is 1. The fourth-order valence-electron chi connectivity index (χ4n) is 1.79. The SMILES string of the molecule is CCOCC(Nc1cnc(C(C)C)nc1C(=O)O)C(C)C. The van der Waals surface area contributed by atoms with Gasteiger partial charge in [-0.15, -0.1) is 0 Å². The zero-order valence-corrected chi connectivity index (χ0v) is 13.4. The van der Waals surface area contributed by atoms with E-state index in [1.807, 2.05) is 20.8 Å². The van der Waals surface area contributed by atoms with Crippen molar-refractivity contribution >= 4 is 11.7 Å². The van der Waals surface area contributed by atoms with E-state index in [4.69, 9.17) is 4.74 Å². The summed E-state index contributed by atoms with van der Waals surface area (Å²) in [5.41, 5.74) is 0.446. The van der Waals surface area contributed by atoms with Crippen molar-refractivity contribution in [1.82, 2.24) is 9.97 Å². The third kappa shape index (κ3) is 4.97. The fraction of sp³-hybridized carbons (Fsp3) is 0.667. The Labute approximate surface area is 126 Å². The molecule has 6 nitrogen and oxygen atoms in total. The summed E-state index contributed by atoms with van der Waals surface area (Å²) in [5.74, 6) is -0.144. The normalized spacial score (nSPS) is 12.7. The van der Waals surface area contributed by atoms with Crippen molar-refractivity contribution in [2.24, 2.45) is 5.92 Å². The van der Waals surface area contributed by atoms with Gasteiger partial charge in [-0.1, -0.05) is 27.7 Å². The maximum absolute atomic E-state index is 11.4. The smallest absolute Gasteiger partial charge is 0.356 e. The van der Waals surface area contributed by atoms with E-state index in [-0.39, 0.29) is 17.7 Å². The van der Waals surface area contributed by atoms with Crippen LogP contribution in [0, 0.1) is 5.92 Å². The van der Waals surface area contributed by atoms with Crippen molar-refractivity contribution in [1.29, 1.82) is 0 Å². The van der Waals surface area contributed by atoms with E-state index >= 15 is 0 Å². The van der Waals surface area contributed by atoms with Crippen LogP contribution in [0.5, 0.6) is 0 Å². The molecule has 0 saturated heterocycles. The van der Waals surface area contributed by atoms with Crippen molar-refractivity contribution in [2.45, 2.75) is 46.6 Å². The summed E-state index contributed by atoms with van der Waals surface area (Å²) >= 11 is 0. The lowest BCUT2D eigenvalue weighted by Crippen LogP contribution is -2.32. The van der Waals surface area contributed by atoms with Crippen molar-refractivity contribution in [3.63, 3.8) is 0 Å². The Kier molecular flexibility index (Phi) is 6.55. The number of carboxylic acid groups (broad SMARTS) is 1. The van der Waals surface area contributed by atoms with Gasteiger partial charge in [-0.2, -0.15) is 0 Å². The first kappa shape index (κ1) is 17.4. The van der Waals surface area contributed by atoms with Crippen molar-refractivity contribution in [2.75, 3.05) is 18.5 Å². The minimum absolute atomic E-state index is 0.0100. The molecule has 1 unspecified atom stereocenters. The third-order valence-corrected chi connectivity index (χ3v) is 3.17. The number of nitrogens with zero attached hydrogens (tertiary/aromatic N) is 2. The van der Waals surface area contributed by atoms with Crippen LogP contribution in [0.3, 0.4) is 0 Å². The van der Waals surface area contributed by atoms with Gasteiger partial charge in [0.1, 0.15) is 5.82 Å². The van der Waals surface area contributed by atoms with Crippen LogP contribution in [0.25, 0.3) is 0 Å². The molecule has 0 radical (unpaired) electrons. The zero-order chi connectivity index (χ0) is 16.0. The molecule has 0 saturated carbocycles. The van der Waals surface area contributed by atoms with Crippen LogP contribution in [0.15, 0.2) is 6.20 Å². The van der Waals surface area contributed by atoms with E-state index in [0.717, 1.165) is 0 Å². The van der Waals surface area contributed by atoms with Gasteiger partial charge in [0.15, 0.2) is 5.69 Å². The molecule has 0 aliphatic rings. The predicted molar refractivity (Wildman–Crippen MR) is 81.8 cm³/mol. The highest BCUT2D eigenvalue weighted by molar-refractivity contribution is 5.91. The van der Waals surface area contributed by atoms with Crippen LogP contribution in [0.2, 0.25) is 0 Å². The second-order valence-corrected chi connectivity index (χ2v) is 5.60. The van der Waals surface area contributed by atoms with Gasteiger partial charge in [0, 0.05) is 12.5 Å². The summed E-state index contributed by atoms with van der Waals surface area (Å²) in [6.45, 7) is 11.0. The maximum atomic E-state index is 11.4. The van der Waals surface area contributed by atoms with Crippen LogP contribution in [0.1, 0.15) is 56.8 Å². The lowest BCUT2D eigenvalue weighted by atomic mass is 10.0. The van der Waals surface area contributed by atoms with Crippen LogP contribution in [-0.4, -0.2) is 40.3 Å². The Hall–Kier alpha value is -1.69. The Bertz CT molecular complexity index is 475. The average molecular weight is 295 g/mol. The molecule has 2 N–H and O–H groups in total. The standard InChI is InChI=1S/C15H25N3O3/c1-6-21-8-12(9(2)3)17-11-7-16-14(10(4)5)18-13(11)15(19)20/h7,9-10,12,17H,6,8H2,1-5H3,(H,19,20). The second kappa shape index (κ2) is 7.93. The summed E-state index contributed by atoms with van der Waals surface area (Å²) in [4.78, 5) is 19.8. The molecular weight excluding hydrogens is 270 g/mol. The average Bonchev–Trinajstić information content (AvgIpc) is 2.42. The first-order valence-electron chi connectivity index (χ1n) is 7.31. The fourth-order valence-corrected chi connectivity index (χ4v) is 1.79. The van der Waals surface area contributed by atoms with E-state index in [0.29, 0.717) is 30.6 Å². The van der Waals surface area contributed by atoms with Gasteiger partial charge in [0.05, 0.1) is 24.5 Å². The van der Waals surface area contributed by atoms with Crippen LogP contribution in [-0.2, 0) is 4.74 Å². The molecule has 0 aliphatic carbocycles. The first-order valence-corrected chi connectivity index (χ1v) is 7.31. The van der Waals surface area contributed by atoms with Crippen LogP contribution < -0.4 is 5.32 Å². The Morgan fingerprint density at radius 2 is 2.05 bits per heavy atom. The molecule has 1 aromatic heterocycles. The number of ether oxygens (including phenoxy) is 1. The van der Waals surface area contributed by atoms with E-state index in [1.165, 1.54) is 0 Å². The summed E-state index contributed by atoms with van der Waals surface area (Å²) in [7, 11) is 0. The number of hydrogen-bond acceptors (Lipinski definition) is 5. The Morgan fingerprint density at radius 3 is 2.52 bits per heavy atom. The van der Waals surface area contributed by atoms with E-state index in [9.17, 15) is 9.90 Å². The highest BCUT2D eigenvalue weighted by atomic mass is 16.5. The highest BCUT2D eigenvalue weighted by Gasteiger charge is 2.20. The number of nitrogens with one attached hydrogen (secondary N) is 1. The molecule has 0 amide bonds. The summed E-state index contributed by atoms with van der Waals surface area (Å²) in [6, 6.07) is 0.0107. The van der Waals surface area contributed by atoms with Gasteiger partial charge in [-0.25, -0.2) is 14.8 Å². The molecule has 0 spiro atoms. The predicted octanol–water partition coefficient (Wildman–Crippen LogP) is 2.77. The largest absolute Gasteiger partial charge is 0.476 e. The maximum Gasteiger partial charge on any atom is 0.356 e. The molecule has 0 aliphatic heterocycles. The summed E-state index contributed by atoms with van der Waals surface area (Å²) < 4.78 is 5.44. The highest BCUT2D eigenvalue weighted by Crippen LogP contribution is 2.19. The number of anilines is 1. The first-order chi connectivity index (χ1) is 9.86. The molecule has 0 bridgehead atoms. The van der Waals surface area contributed by atoms with E-state index < -0.39 is 5.97 Å². The Morgan fingerprint density at radius 1 is 1.38 bits per heavy atom. The molecule has 0 aromatic carbocycles. The number of carbonyl (C=O) groups is 1. The lowest BCUT2D eigenvalue weighted by Gasteiger charge is -2.24. The topological polar surface area (TPSA) is 84.3 Å². The quantitative estimate of drug-likeness (QED) is 0.767. The van der Waals surface area contributed by atoms with Crippen molar-refractivity contribution in [3.8, 4) is 0 Å². The third-order valence-electron chi connectivity index (χ3n) is 3.17. The van der Waals surface area contributed by atoms with Crippen LogP contribution >= 0.6 is 0 Å². The van der Waals surface area contributed by atoms with E-state index in [2.05, 4.69) is 29.1 Å². The van der Waals surface area contributed by atoms with Gasteiger partial charge < -0.3 is 15.2 Å². The van der Waals surface area contributed by atoms with E-state index in [1.54, 1.807) is 6.20 Å². The molecule has 0 fully saturated rings. The van der Waals surface area contributed by atoms with Gasteiger partial charge in [0.2, 0.25) is 0 Å². The number of aromatic nitrogens is 2. The van der Waals surface area contributed by atoms with Gasteiger partial charge in [-0.3, -0.25) is 0 Å². The molecule has 6 heteroatoms. The summed E-state index contributed by atoms with van der Waals surface area (Å²) in [6.07, 6.45) is 1.55. The molecule has 21 heavy (non-hydrogen) atoms. The second-order valence-electron chi connectivity index (χ2n) is 5.60. The lowest BCUT2D eigenvalue weighted by molar-refractivity contribution is 0.0690. The van der Waals surface area contributed by atoms with Crippen molar-refractivity contribution in [3.05, 3.63) is 17.7 Å². The van der Waals surface area contributed by atoms with Crippen molar-refractivity contribution < 1.29 is 14.6 Å². The number of aromatic carboxylic acids is 1. The molecule has 118 valence electrons. The minimum Gasteiger partial charge on any atom is -0.476 e. The molecular formula is C15H25N3O3. The monoisotopic (exact) mass is 295 g/mol. The minimum atomic E-state index is -1.05. The zero-order valence-electron chi connectivity index (χ0n) is 13.4. The van der Waals surface area contributed by atoms with Gasteiger partial charge in [-0.05, 0) is 12.8 Å². The number of rotatable bonds is 8. The molecule has 1 rings (SSSR count). The molecule has 1 aromatic rings. The summed E-state index contributed by atoms with van der Waals surface area (Å²) in [5, 5.41) is 12.5. The van der Waals surface area contributed by atoms with Crippen LogP contribution in [0.4, 0.5) is 5.69 Å². The molecule has 1 heterocycles. The molecule has 1 atom stereocenters. The van der Waals surface area contributed by atoms with Gasteiger partial charge >= 0.3 is 5.97 Å².